The number of carbonyl (C=O) groups excluding carboxylic acids is 1. The first kappa shape index (κ1) is 23.9. The molecule has 0 N–H and O–H groups in total. The van der Waals surface area contributed by atoms with Gasteiger partial charge < -0.3 is 14.4 Å². The molecular weight excluding hydrogens is 430 g/mol. The van der Waals surface area contributed by atoms with Gasteiger partial charge in [0.25, 0.3) is 0 Å². The van der Waals surface area contributed by atoms with Crippen molar-refractivity contribution in [3.05, 3.63) is 63.7 Å². The van der Waals surface area contributed by atoms with Crippen molar-refractivity contribution in [2.45, 2.75) is 12.2 Å². The van der Waals surface area contributed by atoms with Gasteiger partial charge in [-0.1, -0.05) is 18.2 Å². The van der Waals surface area contributed by atoms with Crippen molar-refractivity contribution in [2.24, 2.45) is 0 Å². The topological polar surface area (TPSA) is 85.2 Å². The average molecular weight is 460 g/mol. The molecule has 0 atom stereocenters. The highest BCUT2D eigenvalue weighted by atomic mass is 32.2. The predicted octanol–water partition coefficient (Wildman–Crippen LogP) is 3.23. The van der Waals surface area contributed by atoms with E-state index in [1.165, 1.54) is 30.5 Å². The van der Waals surface area contributed by atoms with Crippen molar-refractivity contribution in [3.63, 3.8) is 0 Å². The monoisotopic (exact) mass is 459 g/mol. The summed E-state index contributed by atoms with van der Waals surface area (Å²) in [5, 5.41) is 11.2. The van der Waals surface area contributed by atoms with Crippen molar-refractivity contribution < 1.29 is 19.2 Å². The molecule has 0 spiro atoms. The quantitative estimate of drug-likeness (QED) is 0.398. The summed E-state index contributed by atoms with van der Waals surface area (Å²) in [6, 6.07) is 13.0. The first-order valence-corrected chi connectivity index (χ1v) is 11.7. The number of nitro groups is 1. The second kappa shape index (κ2) is 11.7. The number of hydrogen-bond acceptors (Lipinski definition) is 7. The minimum atomic E-state index is -0.452. The highest BCUT2D eigenvalue weighted by molar-refractivity contribution is 7.99. The third kappa shape index (κ3) is 6.61. The van der Waals surface area contributed by atoms with Crippen LogP contribution in [-0.2, 0) is 17.0 Å². The van der Waals surface area contributed by atoms with Crippen LogP contribution in [0.25, 0.3) is 0 Å². The van der Waals surface area contributed by atoms with Crippen LogP contribution in [-0.4, -0.2) is 73.3 Å². The van der Waals surface area contributed by atoms with Crippen LogP contribution in [0, 0.1) is 10.1 Å². The van der Waals surface area contributed by atoms with Gasteiger partial charge in [-0.15, -0.1) is 11.8 Å². The Labute approximate surface area is 192 Å². The molecule has 0 radical (unpaired) electrons. The first-order valence-electron chi connectivity index (χ1n) is 10.5. The van der Waals surface area contributed by atoms with Gasteiger partial charge in [-0.05, 0) is 35.7 Å². The largest absolute Gasteiger partial charge is 0.497 e. The Hall–Kier alpha value is -2.78. The minimum Gasteiger partial charge on any atom is -0.497 e. The van der Waals surface area contributed by atoms with Gasteiger partial charge in [0, 0.05) is 44.5 Å². The highest BCUT2D eigenvalue weighted by Gasteiger charge is 2.21. The van der Waals surface area contributed by atoms with Crippen LogP contribution in [0.2, 0.25) is 0 Å². The Bertz CT molecular complexity index is 914. The lowest BCUT2D eigenvalue weighted by atomic mass is 10.1. The van der Waals surface area contributed by atoms with Crippen LogP contribution in [0.1, 0.15) is 11.1 Å². The fourth-order valence-corrected chi connectivity index (χ4v) is 4.49. The molecule has 1 fully saturated rings. The summed E-state index contributed by atoms with van der Waals surface area (Å²) in [6.07, 6.45) is 0.974. The van der Waals surface area contributed by atoms with E-state index < -0.39 is 4.92 Å². The Balaban J connectivity index is 1.38. The number of amides is 1. The van der Waals surface area contributed by atoms with Gasteiger partial charge in [0.15, 0.2) is 5.75 Å². The van der Waals surface area contributed by atoms with Gasteiger partial charge in [0.1, 0.15) is 5.75 Å². The third-order valence-corrected chi connectivity index (χ3v) is 6.52. The molecule has 172 valence electrons. The van der Waals surface area contributed by atoms with Gasteiger partial charge in [-0.2, -0.15) is 0 Å². The van der Waals surface area contributed by atoms with Crippen LogP contribution in [0.15, 0.2) is 42.5 Å². The van der Waals surface area contributed by atoms with E-state index in [0.29, 0.717) is 11.5 Å². The van der Waals surface area contributed by atoms with Gasteiger partial charge >= 0.3 is 5.69 Å². The lowest BCUT2D eigenvalue weighted by Gasteiger charge is -2.34. The van der Waals surface area contributed by atoms with E-state index in [0.717, 1.165) is 50.5 Å². The number of ether oxygens (including phenoxy) is 2. The lowest BCUT2D eigenvalue weighted by Crippen LogP contribution is -2.49. The Morgan fingerprint density at radius 2 is 1.72 bits per heavy atom. The number of hydrogen-bond donors (Lipinski definition) is 0. The minimum absolute atomic E-state index is 0.0531. The zero-order valence-electron chi connectivity index (χ0n) is 18.5. The third-order valence-electron chi connectivity index (χ3n) is 5.53. The molecule has 8 nitrogen and oxygen atoms in total. The average Bonchev–Trinajstić information content (AvgIpc) is 2.83. The molecule has 1 aliphatic rings. The maximum atomic E-state index is 12.6. The summed E-state index contributed by atoms with van der Waals surface area (Å²) >= 11 is 1.47. The molecule has 1 aliphatic heterocycles. The second-order valence-corrected chi connectivity index (χ2v) is 8.56. The SMILES string of the molecule is COc1ccc(CCN2CCN(C(=O)CSCc3ccc(OC)c([N+](=O)[O-])c3)CC2)cc1. The second-order valence-electron chi connectivity index (χ2n) is 7.58. The smallest absolute Gasteiger partial charge is 0.311 e. The van der Waals surface area contributed by atoms with Gasteiger partial charge in [0.05, 0.1) is 24.9 Å². The summed E-state index contributed by atoms with van der Waals surface area (Å²) in [5.74, 6) is 2.13. The Morgan fingerprint density at radius 3 is 2.34 bits per heavy atom. The molecule has 1 saturated heterocycles. The predicted molar refractivity (Wildman–Crippen MR) is 126 cm³/mol. The number of thioether (sulfide) groups is 1. The number of carbonyl (C=O) groups is 1. The van der Waals surface area contributed by atoms with Gasteiger partial charge in [-0.3, -0.25) is 19.8 Å². The number of rotatable bonds is 10. The van der Waals surface area contributed by atoms with E-state index in [2.05, 4.69) is 17.0 Å². The van der Waals surface area contributed by atoms with Crippen molar-refractivity contribution in [3.8, 4) is 11.5 Å². The van der Waals surface area contributed by atoms with E-state index in [1.54, 1.807) is 19.2 Å². The molecule has 9 heteroatoms. The zero-order valence-corrected chi connectivity index (χ0v) is 19.3. The van der Waals surface area contributed by atoms with Crippen LogP contribution in [0.5, 0.6) is 11.5 Å². The molecular formula is C23H29N3O5S. The van der Waals surface area contributed by atoms with E-state index >= 15 is 0 Å². The van der Waals surface area contributed by atoms with Crippen LogP contribution >= 0.6 is 11.8 Å². The van der Waals surface area contributed by atoms with Crippen LogP contribution in [0.4, 0.5) is 5.69 Å². The summed E-state index contributed by atoms with van der Waals surface area (Å²) in [4.78, 5) is 27.6. The maximum Gasteiger partial charge on any atom is 0.311 e. The maximum absolute atomic E-state index is 12.6. The van der Waals surface area contributed by atoms with E-state index in [9.17, 15) is 14.9 Å². The molecule has 0 aliphatic carbocycles. The fraction of sp³-hybridized carbons (Fsp3) is 0.435. The van der Waals surface area contributed by atoms with Crippen LogP contribution in [0.3, 0.4) is 0 Å². The molecule has 3 rings (SSSR count). The summed E-state index contributed by atoms with van der Waals surface area (Å²) in [6.45, 7) is 4.18. The summed E-state index contributed by atoms with van der Waals surface area (Å²) in [5.41, 5.74) is 2.03. The number of benzene rings is 2. The lowest BCUT2D eigenvalue weighted by molar-refractivity contribution is -0.385. The highest BCUT2D eigenvalue weighted by Crippen LogP contribution is 2.29. The molecule has 32 heavy (non-hydrogen) atoms. The molecule has 1 amide bonds. The van der Waals surface area contributed by atoms with Crippen molar-refractivity contribution >= 4 is 23.4 Å². The molecule has 0 aromatic heterocycles. The number of piperazine rings is 1. The summed E-state index contributed by atoms with van der Waals surface area (Å²) in [7, 11) is 3.08. The molecule has 2 aromatic rings. The molecule has 0 unspecified atom stereocenters. The molecule has 1 heterocycles. The van der Waals surface area contributed by atoms with Crippen molar-refractivity contribution in [1.29, 1.82) is 0 Å². The standard InChI is InChI=1S/C23H29N3O5S/c1-30-20-6-3-18(4-7-20)9-10-24-11-13-25(14-12-24)23(27)17-32-16-19-5-8-22(31-2)21(15-19)26(28)29/h3-8,15H,9-14,16-17H2,1-2H3. The Morgan fingerprint density at radius 1 is 1.03 bits per heavy atom. The molecule has 0 bridgehead atoms. The summed E-state index contributed by atoms with van der Waals surface area (Å²) < 4.78 is 10.2. The van der Waals surface area contributed by atoms with Crippen LogP contribution < -0.4 is 9.47 Å². The van der Waals surface area contributed by atoms with Crippen molar-refractivity contribution in [2.75, 3.05) is 52.7 Å². The normalized spacial score (nSPS) is 14.2. The van der Waals surface area contributed by atoms with E-state index in [-0.39, 0.29) is 17.3 Å². The fourth-order valence-electron chi connectivity index (χ4n) is 3.62. The van der Waals surface area contributed by atoms with E-state index in [1.807, 2.05) is 17.0 Å². The first-order chi connectivity index (χ1) is 15.5. The van der Waals surface area contributed by atoms with Gasteiger partial charge in [0.2, 0.25) is 5.91 Å². The van der Waals surface area contributed by atoms with Gasteiger partial charge in [-0.25, -0.2) is 0 Å². The number of methoxy groups -OCH3 is 2. The number of nitrogens with zero attached hydrogens (tertiary/aromatic N) is 3. The number of nitro benzene ring substituents is 1. The molecule has 2 aromatic carbocycles. The van der Waals surface area contributed by atoms with Crippen molar-refractivity contribution in [1.82, 2.24) is 9.80 Å². The Kier molecular flexibility index (Phi) is 8.75. The van der Waals surface area contributed by atoms with E-state index in [4.69, 9.17) is 9.47 Å². The molecule has 0 saturated carbocycles. The zero-order chi connectivity index (χ0) is 22.9.